The number of fused-ring (bicyclic) bond motifs is 1. The van der Waals surface area contributed by atoms with Crippen LogP contribution < -0.4 is 4.74 Å². The molecule has 0 amide bonds. The minimum absolute atomic E-state index is 0.262. The van der Waals surface area contributed by atoms with E-state index in [1.807, 2.05) is 12.3 Å². The third kappa shape index (κ3) is 3.24. The first-order valence-electron chi connectivity index (χ1n) is 8.66. The first-order chi connectivity index (χ1) is 12.1. The number of ether oxygens (including phenoxy) is 2. The summed E-state index contributed by atoms with van der Waals surface area (Å²) in [7, 11) is 0. The molecule has 2 aromatic rings. The molecule has 132 valence electrons. The summed E-state index contributed by atoms with van der Waals surface area (Å²) in [5, 5.41) is 17.7. The van der Waals surface area contributed by atoms with Gasteiger partial charge >= 0.3 is 5.97 Å². The minimum Gasteiger partial charge on any atom is -0.493 e. The van der Waals surface area contributed by atoms with Crippen molar-refractivity contribution in [3.05, 3.63) is 41.2 Å². The van der Waals surface area contributed by atoms with Crippen LogP contribution in [0.1, 0.15) is 29.7 Å². The molecule has 25 heavy (non-hydrogen) atoms. The normalized spacial score (nSPS) is 21.9. The van der Waals surface area contributed by atoms with Crippen LogP contribution in [0.3, 0.4) is 0 Å². The van der Waals surface area contributed by atoms with Crippen molar-refractivity contribution in [2.45, 2.75) is 44.2 Å². The molecule has 1 N–H and O–H groups in total. The molecule has 0 spiro atoms. The molecule has 4 rings (SSSR count). The number of hydrogen-bond acceptors (Lipinski definition) is 5. The summed E-state index contributed by atoms with van der Waals surface area (Å²) in [4.78, 5) is 11.5. The number of carboxylic acid groups (broad SMARTS) is 1. The zero-order valence-electron chi connectivity index (χ0n) is 14.0. The third-order valence-corrected chi connectivity index (χ3v) is 4.93. The Morgan fingerprint density at radius 1 is 1.36 bits per heavy atom. The van der Waals surface area contributed by atoms with Crippen LogP contribution in [0.25, 0.3) is 0 Å². The molecule has 2 aliphatic rings. The predicted octanol–water partition coefficient (Wildman–Crippen LogP) is 1.63. The summed E-state index contributed by atoms with van der Waals surface area (Å²) >= 11 is 0. The number of aliphatic carboxylic acids is 1. The molecular formula is C18H21N3O4. The maximum absolute atomic E-state index is 11.5. The van der Waals surface area contributed by atoms with Gasteiger partial charge < -0.3 is 14.6 Å². The van der Waals surface area contributed by atoms with E-state index in [4.69, 9.17) is 9.47 Å². The number of carboxylic acids is 1. The number of rotatable bonds is 6. The predicted molar refractivity (Wildman–Crippen MR) is 88.6 cm³/mol. The smallest absolute Gasteiger partial charge is 0.336 e. The molecule has 1 aromatic carbocycles. The summed E-state index contributed by atoms with van der Waals surface area (Å²) < 4.78 is 12.8. The van der Waals surface area contributed by atoms with Crippen molar-refractivity contribution in [3.63, 3.8) is 0 Å². The lowest BCUT2D eigenvalue weighted by atomic mass is 9.95. The van der Waals surface area contributed by atoms with Crippen molar-refractivity contribution in [3.8, 4) is 5.75 Å². The van der Waals surface area contributed by atoms with Gasteiger partial charge in [0.15, 0.2) is 5.60 Å². The topological polar surface area (TPSA) is 86.5 Å². The van der Waals surface area contributed by atoms with Crippen molar-refractivity contribution in [2.75, 3.05) is 13.2 Å². The maximum Gasteiger partial charge on any atom is 0.336 e. The maximum atomic E-state index is 11.5. The summed E-state index contributed by atoms with van der Waals surface area (Å²) in [6.45, 7) is 1.95. The van der Waals surface area contributed by atoms with Crippen LogP contribution in [0.5, 0.6) is 5.75 Å². The Morgan fingerprint density at radius 2 is 2.28 bits per heavy atom. The second-order valence-electron chi connectivity index (χ2n) is 6.69. The van der Waals surface area contributed by atoms with Crippen molar-refractivity contribution in [1.82, 2.24) is 15.0 Å². The molecular weight excluding hydrogens is 322 g/mol. The highest BCUT2D eigenvalue weighted by Crippen LogP contribution is 2.29. The second-order valence-corrected chi connectivity index (χ2v) is 6.69. The summed E-state index contributed by atoms with van der Waals surface area (Å²) in [5.41, 5.74) is 2.02. The van der Waals surface area contributed by atoms with E-state index in [0.717, 1.165) is 31.6 Å². The average Bonchev–Trinajstić information content (AvgIpc) is 3.34. The number of nitrogens with zero attached hydrogens (tertiary/aromatic N) is 3. The second kappa shape index (κ2) is 6.48. The molecule has 1 atom stereocenters. The molecule has 3 heterocycles. The fourth-order valence-corrected chi connectivity index (χ4v) is 3.54. The van der Waals surface area contributed by atoms with Crippen LogP contribution in [0.4, 0.5) is 0 Å². The van der Waals surface area contributed by atoms with Gasteiger partial charge in [-0.15, -0.1) is 5.10 Å². The summed E-state index contributed by atoms with van der Waals surface area (Å²) in [6.07, 6.45) is 5.18. The highest BCUT2D eigenvalue weighted by Gasteiger charge is 2.43. The van der Waals surface area contributed by atoms with E-state index in [2.05, 4.69) is 22.4 Å². The number of hydrogen-bond donors (Lipinski definition) is 1. The molecule has 0 saturated carbocycles. The van der Waals surface area contributed by atoms with E-state index >= 15 is 0 Å². The lowest BCUT2D eigenvalue weighted by Gasteiger charge is -2.21. The highest BCUT2D eigenvalue weighted by atomic mass is 16.5. The summed E-state index contributed by atoms with van der Waals surface area (Å²) in [5.74, 6) is 0.0715. The van der Waals surface area contributed by atoms with Crippen molar-refractivity contribution < 1.29 is 19.4 Å². The van der Waals surface area contributed by atoms with Gasteiger partial charge in [-0.1, -0.05) is 17.3 Å². The van der Waals surface area contributed by atoms with E-state index in [-0.39, 0.29) is 6.42 Å². The third-order valence-electron chi connectivity index (χ3n) is 4.93. The fourth-order valence-electron chi connectivity index (χ4n) is 3.54. The SMILES string of the molecule is O=C(O)C1(Cc2cn(CCc3ccc4c(c3)CCO4)nn2)CCCO1. The van der Waals surface area contributed by atoms with Crippen molar-refractivity contribution in [1.29, 1.82) is 0 Å². The Bertz CT molecular complexity index is 780. The van der Waals surface area contributed by atoms with Gasteiger partial charge in [-0.05, 0) is 36.5 Å². The molecule has 7 nitrogen and oxygen atoms in total. The van der Waals surface area contributed by atoms with E-state index in [1.165, 1.54) is 11.1 Å². The molecule has 1 aromatic heterocycles. The highest BCUT2D eigenvalue weighted by molar-refractivity contribution is 5.78. The largest absolute Gasteiger partial charge is 0.493 e. The zero-order chi connectivity index (χ0) is 17.3. The van der Waals surface area contributed by atoms with E-state index < -0.39 is 11.6 Å². The van der Waals surface area contributed by atoms with Gasteiger partial charge in [-0.25, -0.2) is 4.79 Å². The Balaban J connectivity index is 1.39. The van der Waals surface area contributed by atoms with Crippen LogP contribution in [0.2, 0.25) is 0 Å². The Morgan fingerprint density at radius 3 is 3.08 bits per heavy atom. The van der Waals surface area contributed by atoms with E-state index in [9.17, 15) is 9.90 Å². The zero-order valence-corrected chi connectivity index (χ0v) is 14.0. The fraction of sp³-hybridized carbons (Fsp3) is 0.500. The van der Waals surface area contributed by atoms with Gasteiger partial charge in [-0.3, -0.25) is 4.68 Å². The Kier molecular flexibility index (Phi) is 4.17. The molecule has 1 saturated heterocycles. The first-order valence-corrected chi connectivity index (χ1v) is 8.66. The lowest BCUT2D eigenvalue weighted by molar-refractivity contribution is -0.160. The molecule has 2 aliphatic heterocycles. The Hall–Kier alpha value is -2.41. The van der Waals surface area contributed by atoms with E-state index in [1.54, 1.807) is 4.68 Å². The van der Waals surface area contributed by atoms with Crippen molar-refractivity contribution >= 4 is 5.97 Å². The number of carbonyl (C=O) groups is 1. The van der Waals surface area contributed by atoms with Crippen molar-refractivity contribution in [2.24, 2.45) is 0 Å². The van der Waals surface area contributed by atoms with Crippen LogP contribution in [-0.2, 0) is 35.3 Å². The molecule has 0 aliphatic carbocycles. The number of benzene rings is 1. The van der Waals surface area contributed by atoms with Gasteiger partial charge in [0.25, 0.3) is 0 Å². The first kappa shape index (κ1) is 16.1. The van der Waals surface area contributed by atoms with Gasteiger partial charge in [0, 0.05) is 32.2 Å². The minimum atomic E-state index is -1.14. The molecule has 0 radical (unpaired) electrons. The lowest BCUT2D eigenvalue weighted by Crippen LogP contribution is -2.40. The number of aryl methyl sites for hydroxylation is 2. The average molecular weight is 343 g/mol. The molecule has 0 bridgehead atoms. The van der Waals surface area contributed by atoms with Gasteiger partial charge in [0.05, 0.1) is 12.3 Å². The standard InChI is InChI=1S/C18H21N3O4/c22-17(23)18(6-1-8-25-18)11-15-12-21(20-19-15)7-4-13-2-3-16-14(10-13)5-9-24-16/h2-3,10,12H,1,4-9,11H2,(H,22,23). The summed E-state index contributed by atoms with van der Waals surface area (Å²) in [6, 6.07) is 6.29. The molecule has 7 heteroatoms. The quantitative estimate of drug-likeness (QED) is 0.858. The van der Waals surface area contributed by atoms with E-state index in [0.29, 0.717) is 25.3 Å². The van der Waals surface area contributed by atoms with Gasteiger partial charge in [0.1, 0.15) is 5.75 Å². The van der Waals surface area contributed by atoms with Crippen LogP contribution >= 0.6 is 0 Å². The molecule has 1 fully saturated rings. The number of aromatic nitrogens is 3. The van der Waals surface area contributed by atoms with Gasteiger partial charge in [-0.2, -0.15) is 0 Å². The van der Waals surface area contributed by atoms with Crippen LogP contribution in [0, 0.1) is 0 Å². The monoisotopic (exact) mass is 343 g/mol. The van der Waals surface area contributed by atoms with Crippen LogP contribution in [0.15, 0.2) is 24.4 Å². The molecule has 1 unspecified atom stereocenters. The van der Waals surface area contributed by atoms with Crippen LogP contribution in [-0.4, -0.2) is 44.9 Å². The Labute approximate surface area is 145 Å². The van der Waals surface area contributed by atoms with Gasteiger partial charge in [0.2, 0.25) is 0 Å².